The summed E-state index contributed by atoms with van der Waals surface area (Å²) in [7, 11) is 4.71. The number of ether oxygens (including phenoxy) is 4. The second kappa shape index (κ2) is 9.62. The minimum atomic E-state index is -1.05. The lowest BCUT2D eigenvalue weighted by atomic mass is 10.1. The Morgan fingerprint density at radius 1 is 0.939 bits per heavy atom. The summed E-state index contributed by atoms with van der Waals surface area (Å²) < 4.78 is 23.3. The second-order valence-electron chi connectivity index (χ2n) is 6.88. The Morgan fingerprint density at radius 3 is 2.30 bits per heavy atom. The highest BCUT2D eigenvalue weighted by Crippen LogP contribution is 2.46. The van der Waals surface area contributed by atoms with Crippen LogP contribution in [0.3, 0.4) is 0 Å². The predicted molar refractivity (Wildman–Crippen MR) is 128 cm³/mol. The quantitative estimate of drug-likeness (QED) is 0.333. The molecule has 2 heterocycles. The largest absolute Gasteiger partial charge is 0.497 e. The van der Waals surface area contributed by atoms with Gasteiger partial charge in [-0.25, -0.2) is 4.79 Å². The van der Waals surface area contributed by atoms with Crippen LogP contribution in [0.4, 0.5) is 0 Å². The first-order chi connectivity index (χ1) is 16.0. The average molecular weight is 464 g/mol. The molecule has 0 spiro atoms. The van der Waals surface area contributed by atoms with Crippen LogP contribution in [0.1, 0.15) is 10.4 Å². The molecule has 168 valence electrons. The highest BCUT2D eigenvalue weighted by molar-refractivity contribution is 7.20. The lowest BCUT2D eigenvalue weighted by molar-refractivity contribution is -0.130. The molecule has 0 amide bonds. The molecule has 7 nitrogen and oxygen atoms in total. The molecule has 0 aliphatic rings. The van der Waals surface area contributed by atoms with Gasteiger partial charge in [-0.3, -0.25) is 4.98 Å². The number of benzene rings is 2. The molecule has 0 saturated heterocycles. The van der Waals surface area contributed by atoms with Crippen molar-refractivity contribution >= 4 is 39.0 Å². The Bertz CT molecular complexity index is 1330. The van der Waals surface area contributed by atoms with Gasteiger partial charge in [0.25, 0.3) is 0 Å². The number of rotatable bonds is 8. The number of aliphatic carboxylic acids is 1. The summed E-state index contributed by atoms with van der Waals surface area (Å²) in [5, 5.41) is 10.7. The van der Waals surface area contributed by atoms with Crippen LogP contribution in [0.15, 0.2) is 60.9 Å². The molecule has 0 radical (unpaired) electrons. The van der Waals surface area contributed by atoms with Crippen LogP contribution in [0.2, 0.25) is 0 Å². The van der Waals surface area contributed by atoms with Gasteiger partial charge < -0.3 is 24.1 Å². The predicted octanol–water partition coefficient (Wildman–Crippen LogP) is 5.74. The van der Waals surface area contributed by atoms with Crippen molar-refractivity contribution in [2.24, 2.45) is 0 Å². The SMILES string of the molecule is COc1cccc(Oc2c(/C=C(/C(=O)O)c3ccncc3)sc3cc(OC)c(OC)cc23)c1. The molecular weight excluding hydrogens is 442 g/mol. The van der Waals surface area contributed by atoms with E-state index in [0.29, 0.717) is 39.2 Å². The number of hydrogen-bond donors (Lipinski definition) is 1. The van der Waals surface area contributed by atoms with E-state index in [1.54, 1.807) is 64.1 Å². The summed E-state index contributed by atoms with van der Waals surface area (Å²) in [5.74, 6) is 1.77. The van der Waals surface area contributed by atoms with E-state index in [4.69, 9.17) is 18.9 Å². The highest BCUT2D eigenvalue weighted by Gasteiger charge is 2.20. The molecule has 4 rings (SSSR count). The van der Waals surface area contributed by atoms with Crippen LogP contribution in [-0.2, 0) is 4.79 Å². The summed E-state index contributed by atoms with van der Waals surface area (Å²) in [6.45, 7) is 0. The first-order valence-corrected chi connectivity index (χ1v) is 10.7. The molecule has 1 N–H and O–H groups in total. The van der Waals surface area contributed by atoms with Crippen LogP contribution >= 0.6 is 11.3 Å². The fourth-order valence-electron chi connectivity index (χ4n) is 3.33. The van der Waals surface area contributed by atoms with Crippen LogP contribution in [0, 0.1) is 0 Å². The van der Waals surface area contributed by atoms with Crippen molar-refractivity contribution in [2.75, 3.05) is 21.3 Å². The number of carbonyl (C=O) groups is 1. The molecule has 33 heavy (non-hydrogen) atoms. The van der Waals surface area contributed by atoms with Gasteiger partial charge in [-0.15, -0.1) is 11.3 Å². The van der Waals surface area contributed by atoms with E-state index < -0.39 is 5.97 Å². The molecule has 0 fully saturated rings. The van der Waals surface area contributed by atoms with Crippen molar-refractivity contribution < 1.29 is 28.8 Å². The number of fused-ring (bicyclic) bond motifs is 1. The van der Waals surface area contributed by atoms with E-state index in [9.17, 15) is 9.90 Å². The van der Waals surface area contributed by atoms with Gasteiger partial charge in [-0.05, 0) is 42.0 Å². The number of nitrogens with zero attached hydrogens (tertiary/aromatic N) is 1. The van der Waals surface area contributed by atoms with Crippen molar-refractivity contribution in [3.63, 3.8) is 0 Å². The molecule has 2 aromatic heterocycles. The van der Waals surface area contributed by atoms with E-state index in [-0.39, 0.29) is 5.57 Å². The lowest BCUT2D eigenvalue weighted by Gasteiger charge is -2.10. The molecule has 0 atom stereocenters. The van der Waals surface area contributed by atoms with Crippen molar-refractivity contribution in [1.29, 1.82) is 0 Å². The monoisotopic (exact) mass is 463 g/mol. The summed E-state index contributed by atoms with van der Waals surface area (Å²) in [6.07, 6.45) is 4.72. The molecule has 0 unspecified atom stereocenters. The van der Waals surface area contributed by atoms with Crippen LogP contribution in [0.5, 0.6) is 28.7 Å². The van der Waals surface area contributed by atoms with Crippen LogP contribution in [0.25, 0.3) is 21.7 Å². The highest BCUT2D eigenvalue weighted by atomic mass is 32.1. The number of carboxylic acid groups (broad SMARTS) is 1. The third kappa shape index (κ3) is 4.61. The van der Waals surface area contributed by atoms with Crippen molar-refractivity contribution in [3.05, 3.63) is 71.4 Å². The maximum Gasteiger partial charge on any atom is 0.336 e. The van der Waals surface area contributed by atoms with Crippen molar-refractivity contribution in [2.45, 2.75) is 0 Å². The topological polar surface area (TPSA) is 87.1 Å². The molecule has 0 bridgehead atoms. The first-order valence-electron chi connectivity index (χ1n) is 9.90. The number of carboxylic acids is 1. The number of aromatic nitrogens is 1. The molecule has 4 aromatic rings. The Hall–Kier alpha value is -4.04. The number of methoxy groups -OCH3 is 3. The molecule has 8 heteroatoms. The first kappa shape index (κ1) is 22.2. The van der Waals surface area contributed by atoms with E-state index in [2.05, 4.69) is 4.98 Å². The average Bonchev–Trinajstić information content (AvgIpc) is 3.17. The maximum absolute atomic E-state index is 12.1. The third-order valence-electron chi connectivity index (χ3n) is 4.93. The lowest BCUT2D eigenvalue weighted by Crippen LogP contribution is -1.99. The molecule has 0 saturated carbocycles. The van der Waals surface area contributed by atoms with E-state index in [1.807, 2.05) is 24.3 Å². The Balaban J connectivity index is 1.93. The molecule has 0 aliphatic carbocycles. The fourth-order valence-corrected chi connectivity index (χ4v) is 4.42. The Kier molecular flexibility index (Phi) is 6.46. The van der Waals surface area contributed by atoms with E-state index in [1.165, 1.54) is 11.3 Å². The van der Waals surface area contributed by atoms with Gasteiger partial charge in [0, 0.05) is 34.6 Å². The van der Waals surface area contributed by atoms with Gasteiger partial charge in [0.05, 0.1) is 31.8 Å². The van der Waals surface area contributed by atoms with Gasteiger partial charge in [0.2, 0.25) is 0 Å². The normalized spacial score (nSPS) is 11.3. The zero-order chi connectivity index (χ0) is 23.4. The maximum atomic E-state index is 12.1. The Morgan fingerprint density at radius 2 is 1.64 bits per heavy atom. The van der Waals surface area contributed by atoms with E-state index >= 15 is 0 Å². The second-order valence-corrected chi connectivity index (χ2v) is 7.96. The van der Waals surface area contributed by atoms with Crippen molar-refractivity contribution in [3.8, 4) is 28.7 Å². The number of thiophene rings is 1. The summed E-state index contributed by atoms with van der Waals surface area (Å²) >= 11 is 1.40. The summed E-state index contributed by atoms with van der Waals surface area (Å²) in [4.78, 5) is 16.7. The van der Waals surface area contributed by atoms with Crippen molar-refractivity contribution in [1.82, 2.24) is 4.98 Å². The summed E-state index contributed by atoms with van der Waals surface area (Å²) in [6, 6.07) is 14.2. The van der Waals surface area contributed by atoms with Crippen LogP contribution < -0.4 is 18.9 Å². The fraction of sp³-hybridized carbons (Fsp3) is 0.120. The number of hydrogen-bond acceptors (Lipinski definition) is 7. The van der Waals surface area contributed by atoms with Gasteiger partial charge in [-0.1, -0.05) is 6.07 Å². The minimum absolute atomic E-state index is 0.123. The van der Waals surface area contributed by atoms with Gasteiger partial charge in [0.15, 0.2) is 17.2 Å². The Labute approximate surface area is 194 Å². The smallest absolute Gasteiger partial charge is 0.336 e. The number of pyridine rings is 1. The van der Waals surface area contributed by atoms with Gasteiger partial charge in [0.1, 0.15) is 11.5 Å². The van der Waals surface area contributed by atoms with Gasteiger partial charge >= 0.3 is 5.97 Å². The van der Waals surface area contributed by atoms with E-state index in [0.717, 1.165) is 10.1 Å². The van der Waals surface area contributed by atoms with Crippen LogP contribution in [-0.4, -0.2) is 37.4 Å². The summed E-state index contributed by atoms with van der Waals surface area (Å²) in [5.41, 5.74) is 0.663. The molecule has 2 aromatic carbocycles. The van der Waals surface area contributed by atoms with Gasteiger partial charge in [-0.2, -0.15) is 0 Å². The standard InChI is InChI=1S/C25H21NO6S/c1-29-16-5-4-6-17(11-16)32-24-19-12-20(30-2)21(31-3)14-22(19)33-23(24)13-18(25(27)28)15-7-9-26-10-8-15/h4-14H,1-3H3,(H,27,28)/b18-13+. The zero-order valence-corrected chi connectivity index (χ0v) is 19.0. The third-order valence-corrected chi connectivity index (χ3v) is 6.01. The molecular formula is C25H21NO6S. The minimum Gasteiger partial charge on any atom is -0.497 e. The zero-order valence-electron chi connectivity index (χ0n) is 18.2. The molecule has 0 aliphatic heterocycles.